The zero-order valence-electron chi connectivity index (χ0n) is 16.2. The molecule has 0 bridgehead atoms. The van der Waals surface area contributed by atoms with E-state index in [9.17, 15) is 5.11 Å². The van der Waals surface area contributed by atoms with Crippen molar-refractivity contribution in [2.24, 2.45) is 4.99 Å². The summed E-state index contributed by atoms with van der Waals surface area (Å²) in [7, 11) is 1.66. The number of guanidine groups is 1. The molecule has 0 aliphatic rings. The number of methoxy groups -OCH3 is 1. The van der Waals surface area contributed by atoms with Gasteiger partial charge in [0.25, 0.3) is 0 Å². The van der Waals surface area contributed by atoms with E-state index >= 15 is 0 Å². The number of aliphatic hydroxyl groups excluding tert-OH is 1. The normalized spacial score (nSPS) is 12.2. The summed E-state index contributed by atoms with van der Waals surface area (Å²) >= 11 is 0. The maximum absolute atomic E-state index is 9.67. The van der Waals surface area contributed by atoms with E-state index in [4.69, 9.17) is 9.47 Å². The molecular formula is C19H34IN3O3. The van der Waals surface area contributed by atoms with Crippen molar-refractivity contribution in [2.45, 2.75) is 45.8 Å². The van der Waals surface area contributed by atoms with Gasteiger partial charge in [0, 0.05) is 26.3 Å². The number of hydrogen-bond acceptors (Lipinski definition) is 4. The summed E-state index contributed by atoms with van der Waals surface area (Å²) in [6.07, 6.45) is 2.13. The van der Waals surface area contributed by atoms with Crippen LogP contribution >= 0.6 is 24.0 Å². The Morgan fingerprint density at radius 3 is 2.46 bits per heavy atom. The van der Waals surface area contributed by atoms with Gasteiger partial charge in [0.15, 0.2) is 5.96 Å². The molecule has 26 heavy (non-hydrogen) atoms. The van der Waals surface area contributed by atoms with Gasteiger partial charge in [0.2, 0.25) is 0 Å². The first-order valence-corrected chi connectivity index (χ1v) is 9.10. The average molecular weight is 479 g/mol. The van der Waals surface area contributed by atoms with Crippen molar-refractivity contribution in [1.82, 2.24) is 10.6 Å². The Labute approximate surface area is 174 Å². The Bertz CT molecular complexity index is 483. The molecule has 7 heteroatoms. The summed E-state index contributed by atoms with van der Waals surface area (Å²) in [6, 6.07) is 7.89. The van der Waals surface area contributed by atoms with Crippen molar-refractivity contribution in [3.05, 3.63) is 29.8 Å². The molecule has 0 aromatic heterocycles. The van der Waals surface area contributed by atoms with Crippen molar-refractivity contribution in [3.8, 4) is 5.75 Å². The fraction of sp³-hybridized carbons (Fsp3) is 0.632. The number of aliphatic imine (C=N–C) groups is 1. The highest BCUT2D eigenvalue weighted by molar-refractivity contribution is 14.0. The highest BCUT2D eigenvalue weighted by Crippen LogP contribution is 2.11. The van der Waals surface area contributed by atoms with Crippen LogP contribution in [0, 0.1) is 0 Å². The molecule has 0 heterocycles. The predicted octanol–water partition coefficient (Wildman–Crippen LogP) is 2.94. The van der Waals surface area contributed by atoms with E-state index in [1.54, 1.807) is 7.11 Å². The van der Waals surface area contributed by atoms with Gasteiger partial charge >= 0.3 is 0 Å². The number of nitrogens with one attached hydrogen (secondary N) is 2. The second kappa shape index (κ2) is 16.1. The lowest BCUT2D eigenvalue weighted by molar-refractivity contribution is 0.145. The molecule has 1 atom stereocenters. The third-order valence-electron chi connectivity index (χ3n) is 3.78. The second-order valence-corrected chi connectivity index (χ2v) is 5.77. The first-order chi connectivity index (χ1) is 12.2. The third-order valence-corrected chi connectivity index (χ3v) is 3.78. The van der Waals surface area contributed by atoms with E-state index in [0.29, 0.717) is 19.5 Å². The molecule has 0 saturated carbocycles. The van der Waals surface area contributed by atoms with Crippen LogP contribution in [0.15, 0.2) is 29.3 Å². The van der Waals surface area contributed by atoms with Crippen LogP contribution in [0.2, 0.25) is 0 Å². The van der Waals surface area contributed by atoms with Crippen molar-refractivity contribution >= 4 is 29.9 Å². The summed E-state index contributed by atoms with van der Waals surface area (Å²) in [5.74, 6) is 1.60. The molecule has 0 fully saturated rings. The summed E-state index contributed by atoms with van der Waals surface area (Å²) in [4.78, 5) is 4.62. The predicted molar refractivity (Wildman–Crippen MR) is 118 cm³/mol. The van der Waals surface area contributed by atoms with Gasteiger partial charge in [-0.15, -0.1) is 24.0 Å². The molecule has 1 aromatic rings. The SMILES string of the molecule is CCOCCCNC(=NCc1ccc(OC)cc1)NCCC(O)CC.I. The monoisotopic (exact) mass is 479 g/mol. The van der Waals surface area contributed by atoms with Crippen LogP contribution in [0.1, 0.15) is 38.7 Å². The quantitative estimate of drug-likeness (QED) is 0.186. The van der Waals surface area contributed by atoms with Crippen molar-refractivity contribution in [2.75, 3.05) is 33.4 Å². The zero-order chi connectivity index (χ0) is 18.3. The van der Waals surface area contributed by atoms with Crippen molar-refractivity contribution in [3.63, 3.8) is 0 Å². The van der Waals surface area contributed by atoms with Crippen LogP contribution in [0.4, 0.5) is 0 Å². The van der Waals surface area contributed by atoms with Gasteiger partial charge in [0.05, 0.1) is 19.8 Å². The number of nitrogens with zero attached hydrogens (tertiary/aromatic N) is 1. The average Bonchev–Trinajstić information content (AvgIpc) is 2.65. The Morgan fingerprint density at radius 1 is 1.15 bits per heavy atom. The number of rotatable bonds is 12. The molecule has 0 radical (unpaired) electrons. The van der Waals surface area contributed by atoms with E-state index in [1.807, 2.05) is 38.1 Å². The minimum Gasteiger partial charge on any atom is -0.497 e. The topological polar surface area (TPSA) is 75.1 Å². The molecule has 1 rings (SSSR count). The third kappa shape index (κ3) is 11.5. The molecule has 0 saturated heterocycles. The largest absolute Gasteiger partial charge is 0.497 e. The van der Waals surface area contributed by atoms with Gasteiger partial charge < -0.3 is 25.2 Å². The Kier molecular flexibility index (Phi) is 15.5. The maximum atomic E-state index is 9.67. The molecule has 0 amide bonds. The van der Waals surface area contributed by atoms with Gasteiger partial charge in [-0.1, -0.05) is 19.1 Å². The fourth-order valence-corrected chi connectivity index (χ4v) is 2.16. The summed E-state index contributed by atoms with van der Waals surface area (Å²) in [5.41, 5.74) is 1.12. The van der Waals surface area contributed by atoms with Crippen LogP contribution < -0.4 is 15.4 Å². The van der Waals surface area contributed by atoms with E-state index < -0.39 is 0 Å². The maximum Gasteiger partial charge on any atom is 0.191 e. The second-order valence-electron chi connectivity index (χ2n) is 5.77. The smallest absolute Gasteiger partial charge is 0.191 e. The van der Waals surface area contributed by atoms with Gasteiger partial charge in [0.1, 0.15) is 5.75 Å². The lowest BCUT2D eigenvalue weighted by Gasteiger charge is -2.14. The molecule has 3 N–H and O–H groups in total. The Hall–Kier alpha value is -1.06. The van der Waals surface area contributed by atoms with Gasteiger partial charge in [-0.25, -0.2) is 4.99 Å². The van der Waals surface area contributed by atoms with Crippen molar-refractivity contribution in [1.29, 1.82) is 0 Å². The van der Waals surface area contributed by atoms with Gasteiger partial charge in [-0.3, -0.25) is 0 Å². The molecule has 150 valence electrons. The molecule has 6 nitrogen and oxygen atoms in total. The standard InChI is InChI=1S/C19H33N3O3.HI/c1-4-17(23)11-13-21-19(20-12-6-14-25-5-2)22-15-16-7-9-18(24-3)10-8-16;/h7-10,17,23H,4-6,11-15H2,1-3H3,(H2,20,21,22);1H. The number of ether oxygens (including phenoxy) is 2. The van der Waals surface area contributed by atoms with E-state index in [2.05, 4.69) is 15.6 Å². The molecule has 0 spiro atoms. The van der Waals surface area contributed by atoms with Gasteiger partial charge in [-0.05, 0) is 43.9 Å². The molecule has 0 aliphatic heterocycles. The van der Waals surface area contributed by atoms with Crippen LogP contribution in [-0.2, 0) is 11.3 Å². The summed E-state index contributed by atoms with van der Waals surface area (Å²) in [6.45, 7) is 7.53. The summed E-state index contributed by atoms with van der Waals surface area (Å²) < 4.78 is 10.5. The molecule has 1 aromatic carbocycles. The zero-order valence-corrected chi connectivity index (χ0v) is 18.5. The first kappa shape index (κ1) is 24.9. The Balaban J connectivity index is 0.00000625. The molecule has 1 unspecified atom stereocenters. The van der Waals surface area contributed by atoms with Crippen LogP contribution in [0.3, 0.4) is 0 Å². The summed E-state index contributed by atoms with van der Waals surface area (Å²) in [5, 5.41) is 16.3. The highest BCUT2D eigenvalue weighted by atomic mass is 127. The number of halogens is 1. The first-order valence-electron chi connectivity index (χ1n) is 9.10. The van der Waals surface area contributed by atoms with Crippen LogP contribution in [0.5, 0.6) is 5.75 Å². The van der Waals surface area contributed by atoms with E-state index in [0.717, 1.165) is 49.9 Å². The van der Waals surface area contributed by atoms with Crippen LogP contribution in [0.25, 0.3) is 0 Å². The van der Waals surface area contributed by atoms with Crippen molar-refractivity contribution < 1.29 is 14.6 Å². The lowest BCUT2D eigenvalue weighted by atomic mass is 10.2. The van der Waals surface area contributed by atoms with E-state index in [-0.39, 0.29) is 30.1 Å². The molecular weight excluding hydrogens is 445 g/mol. The fourth-order valence-electron chi connectivity index (χ4n) is 2.16. The minimum absolute atomic E-state index is 0. The Morgan fingerprint density at radius 2 is 1.85 bits per heavy atom. The number of benzene rings is 1. The minimum atomic E-state index is -0.270. The lowest BCUT2D eigenvalue weighted by Crippen LogP contribution is -2.39. The molecule has 0 aliphatic carbocycles. The highest BCUT2D eigenvalue weighted by Gasteiger charge is 2.03. The van der Waals surface area contributed by atoms with E-state index in [1.165, 1.54) is 0 Å². The van der Waals surface area contributed by atoms with Crippen LogP contribution in [-0.4, -0.2) is 50.6 Å². The van der Waals surface area contributed by atoms with Gasteiger partial charge in [-0.2, -0.15) is 0 Å². The number of aliphatic hydroxyl groups is 1. The number of hydrogen-bond donors (Lipinski definition) is 3.